The highest BCUT2D eigenvalue weighted by molar-refractivity contribution is 5.96. The Balaban J connectivity index is 0.000000145. The number of benzene rings is 3. The van der Waals surface area contributed by atoms with Gasteiger partial charge in [-0.1, -0.05) is 77.9 Å². The lowest BCUT2D eigenvalue weighted by Crippen LogP contribution is -2.22. The molecule has 0 amide bonds. The molecule has 12 nitrogen and oxygen atoms in total. The van der Waals surface area contributed by atoms with Crippen molar-refractivity contribution in [3.05, 3.63) is 162 Å². The predicted octanol–water partition coefficient (Wildman–Crippen LogP) is 11.0. The van der Waals surface area contributed by atoms with Crippen LogP contribution in [0.1, 0.15) is 114 Å². The summed E-state index contributed by atoms with van der Waals surface area (Å²) in [5.74, 6) is 5.20. The summed E-state index contributed by atoms with van der Waals surface area (Å²) in [6.45, 7) is 12.8. The molecule has 0 N–H and O–H groups in total. The van der Waals surface area contributed by atoms with E-state index < -0.39 is 0 Å². The number of carbonyl (C=O) groups excluding carboxylic acids is 3. The third-order valence-corrected chi connectivity index (χ3v) is 12.8. The van der Waals surface area contributed by atoms with Crippen molar-refractivity contribution in [1.82, 2.24) is 15.0 Å². The highest BCUT2D eigenvalue weighted by Crippen LogP contribution is 2.53. The number of carbonyl (C=O) groups is 3. The number of Topliss-reactive ketones (excluding diaryl/α,β-unsaturated/α-hetero) is 3. The molecule has 69 heavy (non-hydrogen) atoms. The van der Waals surface area contributed by atoms with E-state index in [1.807, 2.05) is 151 Å². The monoisotopic (exact) mass is 933 g/mol. The third kappa shape index (κ3) is 11.3. The summed E-state index contributed by atoms with van der Waals surface area (Å²) in [4.78, 5) is 50.8. The largest absolute Gasteiger partial charge is 0.454 e. The molecule has 6 aromatic rings. The molecule has 3 saturated carbocycles. The van der Waals surface area contributed by atoms with Crippen LogP contribution in [-0.2, 0) is 49.9 Å². The maximum atomic E-state index is 12.7. The average molecular weight is 934 g/mol. The number of ether oxygens (including phenoxy) is 6. The zero-order valence-electron chi connectivity index (χ0n) is 40.6. The van der Waals surface area contributed by atoms with Gasteiger partial charge >= 0.3 is 0 Å². The second-order valence-electron chi connectivity index (χ2n) is 16.7. The first-order valence-corrected chi connectivity index (χ1v) is 24.3. The van der Waals surface area contributed by atoms with Crippen molar-refractivity contribution in [2.75, 3.05) is 20.4 Å². The summed E-state index contributed by atoms with van der Waals surface area (Å²) in [7, 11) is 0. The van der Waals surface area contributed by atoms with E-state index in [4.69, 9.17) is 28.4 Å². The van der Waals surface area contributed by atoms with Gasteiger partial charge in [0.05, 0.1) is 16.2 Å². The summed E-state index contributed by atoms with van der Waals surface area (Å²) in [5, 5.41) is 0. The van der Waals surface area contributed by atoms with Crippen LogP contribution in [0, 0.1) is 0 Å². The molecule has 3 fully saturated rings. The standard InChI is InChI=1S/3C17H15NO3.3C2H6/c3*19-16(10-13-3-1-2-8-18-13)17(6-7-17)12-4-5-14-15(9-12)21-11-20-14;3*1-2/h3*1-5,8-9H,6-7,10-11H2;3*1-2H3. The van der Waals surface area contributed by atoms with Crippen molar-refractivity contribution in [2.24, 2.45) is 0 Å². The van der Waals surface area contributed by atoms with Gasteiger partial charge in [0.25, 0.3) is 0 Å². The fraction of sp³-hybridized carbons (Fsp3) is 0.368. The Morgan fingerprint density at radius 1 is 0.377 bits per heavy atom. The quantitative estimate of drug-likeness (QED) is 0.115. The Kier molecular flexibility index (Phi) is 16.5. The molecule has 0 atom stereocenters. The number of fused-ring (bicyclic) bond motifs is 3. The molecule has 0 radical (unpaired) electrons. The van der Waals surface area contributed by atoms with Crippen LogP contribution in [-0.4, -0.2) is 52.7 Å². The first-order valence-electron chi connectivity index (χ1n) is 24.3. The van der Waals surface area contributed by atoms with Gasteiger partial charge in [-0.25, -0.2) is 0 Å². The van der Waals surface area contributed by atoms with Gasteiger partial charge in [-0.2, -0.15) is 0 Å². The maximum absolute atomic E-state index is 12.7. The van der Waals surface area contributed by atoms with E-state index in [-0.39, 0.29) is 54.0 Å². The molecule has 12 heteroatoms. The summed E-state index contributed by atoms with van der Waals surface area (Å²) >= 11 is 0. The lowest BCUT2D eigenvalue weighted by Gasteiger charge is -2.15. The van der Waals surface area contributed by atoms with Crippen LogP contribution < -0.4 is 28.4 Å². The van der Waals surface area contributed by atoms with Gasteiger partial charge in [0, 0.05) is 54.9 Å². The molecule has 360 valence electrons. The van der Waals surface area contributed by atoms with Gasteiger partial charge in [0.1, 0.15) is 17.3 Å². The number of aromatic nitrogens is 3. The normalized spacial score (nSPS) is 16.3. The molecule has 3 aliphatic carbocycles. The van der Waals surface area contributed by atoms with Crippen LogP contribution in [0.25, 0.3) is 0 Å². The average Bonchev–Trinajstić information content (AvgIpc) is 4.38. The summed E-state index contributed by atoms with van der Waals surface area (Å²) in [5.41, 5.74) is 4.54. The Labute approximate surface area is 405 Å². The maximum Gasteiger partial charge on any atom is 0.231 e. The Morgan fingerprint density at radius 3 is 0.870 bits per heavy atom. The van der Waals surface area contributed by atoms with E-state index in [0.29, 0.717) is 19.3 Å². The zero-order valence-corrected chi connectivity index (χ0v) is 40.6. The van der Waals surface area contributed by atoms with Crippen LogP contribution in [0.3, 0.4) is 0 Å². The second kappa shape index (κ2) is 22.8. The van der Waals surface area contributed by atoms with Crippen molar-refractivity contribution < 1.29 is 42.8 Å². The highest BCUT2D eigenvalue weighted by atomic mass is 16.7. The number of ketones is 3. The van der Waals surface area contributed by atoms with Gasteiger partial charge in [0.2, 0.25) is 20.4 Å². The van der Waals surface area contributed by atoms with Crippen molar-refractivity contribution in [3.8, 4) is 34.5 Å². The number of hydrogen-bond acceptors (Lipinski definition) is 12. The Morgan fingerprint density at radius 2 is 0.638 bits per heavy atom. The Bertz CT molecular complexity index is 2370. The zero-order chi connectivity index (χ0) is 48.9. The topological polar surface area (TPSA) is 145 Å². The number of pyridine rings is 3. The molecular weight excluding hydrogens is 871 g/mol. The van der Waals surface area contributed by atoms with E-state index in [1.165, 1.54) is 0 Å². The number of rotatable bonds is 12. The lowest BCUT2D eigenvalue weighted by atomic mass is 9.88. The summed E-state index contributed by atoms with van der Waals surface area (Å²) in [6, 6.07) is 34.5. The van der Waals surface area contributed by atoms with Gasteiger partial charge in [-0.05, 0) is 128 Å². The molecule has 3 aromatic carbocycles. The number of nitrogens with zero attached hydrogens (tertiary/aromatic N) is 3. The SMILES string of the molecule is CC.CC.CC.O=C(Cc1ccccn1)C1(c2ccc3c(c2)OCO3)CC1.O=C(Cc1ccccn1)C1(c2ccc3c(c2)OCO3)CC1.O=C(Cc1ccccn1)C1(c2ccc3c(c2)OCO3)CC1. The van der Waals surface area contributed by atoms with Gasteiger partial charge in [-0.15, -0.1) is 0 Å². The third-order valence-electron chi connectivity index (χ3n) is 12.8. The predicted molar refractivity (Wildman–Crippen MR) is 263 cm³/mol. The Hall–Kier alpha value is -7.08. The van der Waals surface area contributed by atoms with Crippen LogP contribution in [0.5, 0.6) is 34.5 Å². The van der Waals surface area contributed by atoms with Gasteiger partial charge in [0.15, 0.2) is 34.5 Å². The molecule has 6 aliphatic rings. The van der Waals surface area contributed by atoms with Crippen LogP contribution in [0.4, 0.5) is 0 Å². The van der Waals surface area contributed by atoms with Crippen molar-refractivity contribution in [3.63, 3.8) is 0 Å². The molecule has 3 aromatic heterocycles. The summed E-state index contributed by atoms with van der Waals surface area (Å²) < 4.78 is 32.2. The smallest absolute Gasteiger partial charge is 0.231 e. The first kappa shape index (κ1) is 49.8. The molecule has 0 saturated heterocycles. The summed E-state index contributed by atoms with van der Waals surface area (Å²) in [6.07, 6.45) is 11.7. The molecule has 0 unspecified atom stereocenters. The molecule has 0 spiro atoms. The number of hydrogen-bond donors (Lipinski definition) is 0. The van der Waals surface area contributed by atoms with Crippen LogP contribution in [0.15, 0.2) is 128 Å². The van der Waals surface area contributed by atoms with Gasteiger partial charge < -0.3 is 28.4 Å². The fourth-order valence-electron chi connectivity index (χ4n) is 8.65. The highest BCUT2D eigenvalue weighted by Gasteiger charge is 2.53. The molecule has 12 rings (SSSR count). The van der Waals surface area contributed by atoms with Gasteiger partial charge in [-0.3, -0.25) is 29.3 Å². The van der Waals surface area contributed by atoms with E-state index in [9.17, 15) is 14.4 Å². The van der Waals surface area contributed by atoms with Crippen molar-refractivity contribution >= 4 is 17.3 Å². The van der Waals surface area contributed by atoms with Crippen LogP contribution >= 0.6 is 0 Å². The minimum atomic E-state index is -0.349. The van der Waals surface area contributed by atoms with E-state index >= 15 is 0 Å². The molecular formula is C57H63N3O9. The van der Waals surface area contributed by atoms with Crippen LogP contribution in [0.2, 0.25) is 0 Å². The minimum absolute atomic E-state index is 0.236. The fourth-order valence-corrected chi connectivity index (χ4v) is 8.65. The van der Waals surface area contributed by atoms with Crippen molar-refractivity contribution in [1.29, 1.82) is 0 Å². The first-order chi connectivity index (χ1) is 33.8. The van der Waals surface area contributed by atoms with E-state index in [0.717, 1.165) is 107 Å². The second-order valence-corrected chi connectivity index (χ2v) is 16.7. The van der Waals surface area contributed by atoms with E-state index in [1.54, 1.807) is 18.6 Å². The minimum Gasteiger partial charge on any atom is -0.454 e. The lowest BCUT2D eigenvalue weighted by molar-refractivity contribution is -0.121. The molecule has 6 heterocycles. The van der Waals surface area contributed by atoms with E-state index in [2.05, 4.69) is 15.0 Å². The molecule has 3 aliphatic heterocycles. The molecule has 0 bridgehead atoms. The van der Waals surface area contributed by atoms with Crippen molar-refractivity contribution in [2.45, 2.75) is 116 Å².